The number of hydrogen-bond donors (Lipinski definition) is 1. The molecule has 0 bridgehead atoms. The summed E-state index contributed by atoms with van der Waals surface area (Å²) < 4.78 is 12.7. The van der Waals surface area contributed by atoms with Crippen molar-refractivity contribution in [1.82, 2.24) is 9.88 Å². The van der Waals surface area contributed by atoms with Gasteiger partial charge >= 0.3 is 0 Å². The topological polar surface area (TPSA) is 28.2 Å². The van der Waals surface area contributed by atoms with E-state index < -0.39 is 5.95 Å². The predicted molar refractivity (Wildman–Crippen MR) is 58.3 cm³/mol. The van der Waals surface area contributed by atoms with E-state index in [4.69, 9.17) is 0 Å². The molecule has 1 saturated carbocycles. The third-order valence-electron chi connectivity index (χ3n) is 2.66. The number of likely N-dealkylation sites (N-methyl/N-ethyl adjacent to an activating group) is 1. The molecule has 1 N–H and O–H groups in total. The van der Waals surface area contributed by atoms with E-state index in [9.17, 15) is 4.39 Å². The molecule has 1 heterocycles. The molecule has 4 heteroatoms. The highest BCUT2D eigenvalue weighted by Crippen LogP contribution is 2.24. The molecule has 0 radical (unpaired) electrons. The minimum absolute atomic E-state index is 0.435. The lowest BCUT2D eigenvalue weighted by Gasteiger charge is -2.15. The summed E-state index contributed by atoms with van der Waals surface area (Å²) in [5.74, 6) is 0.176. The number of nitrogens with zero attached hydrogens (tertiary/aromatic N) is 2. The van der Waals surface area contributed by atoms with Crippen LogP contribution < -0.4 is 5.32 Å². The number of hydrogen-bond acceptors (Lipinski definition) is 3. The molecule has 3 nitrogen and oxygen atoms in total. The molecular formula is C11H16FN3. The maximum atomic E-state index is 12.7. The smallest absolute Gasteiger partial charge is 0.214 e. The van der Waals surface area contributed by atoms with Crippen LogP contribution in [0, 0.1) is 5.95 Å². The standard InChI is InChI=1S/C11H16FN3/c1-15(9-5-6-9)8-7-13-11-4-2-3-10(12)14-11/h2-4,9H,5-8H2,1H3,(H,13,14). The van der Waals surface area contributed by atoms with E-state index in [-0.39, 0.29) is 0 Å². The number of pyridine rings is 1. The van der Waals surface area contributed by atoms with Gasteiger partial charge in [-0.05, 0) is 32.0 Å². The summed E-state index contributed by atoms with van der Waals surface area (Å²) in [6.45, 7) is 1.78. The fourth-order valence-electron chi connectivity index (χ4n) is 1.56. The maximum absolute atomic E-state index is 12.7. The lowest BCUT2D eigenvalue weighted by atomic mass is 10.4. The third-order valence-corrected chi connectivity index (χ3v) is 2.66. The monoisotopic (exact) mass is 209 g/mol. The molecule has 1 aromatic rings. The molecule has 0 saturated heterocycles. The molecule has 0 aliphatic heterocycles. The highest BCUT2D eigenvalue weighted by atomic mass is 19.1. The normalized spacial score (nSPS) is 15.7. The van der Waals surface area contributed by atoms with Gasteiger partial charge in [0.1, 0.15) is 5.82 Å². The fourth-order valence-corrected chi connectivity index (χ4v) is 1.56. The van der Waals surface area contributed by atoms with Gasteiger partial charge in [0.2, 0.25) is 5.95 Å². The van der Waals surface area contributed by atoms with Crippen molar-refractivity contribution in [2.75, 3.05) is 25.5 Å². The van der Waals surface area contributed by atoms with E-state index in [1.165, 1.54) is 18.9 Å². The van der Waals surface area contributed by atoms with Crippen LogP contribution in [-0.2, 0) is 0 Å². The molecule has 0 aromatic carbocycles. The predicted octanol–water partition coefficient (Wildman–Crippen LogP) is 1.73. The van der Waals surface area contributed by atoms with E-state index >= 15 is 0 Å². The van der Waals surface area contributed by atoms with Crippen molar-refractivity contribution in [1.29, 1.82) is 0 Å². The van der Waals surface area contributed by atoms with Crippen LogP contribution in [0.4, 0.5) is 10.2 Å². The summed E-state index contributed by atoms with van der Waals surface area (Å²) in [7, 11) is 2.12. The molecule has 1 fully saturated rings. The highest BCUT2D eigenvalue weighted by molar-refractivity contribution is 5.33. The SMILES string of the molecule is CN(CCNc1cccc(F)n1)C1CC1. The van der Waals surface area contributed by atoms with Gasteiger partial charge in [-0.15, -0.1) is 0 Å². The summed E-state index contributed by atoms with van der Waals surface area (Å²) in [4.78, 5) is 6.06. The Bertz CT molecular complexity index is 325. The second-order valence-corrected chi connectivity index (χ2v) is 3.98. The Hall–Kier alpha value is -1.16. The molecule has 0 spiro atoms. The van der Waals surface area contributed by atoms with Crippen molar-refractivity contribution < 1.29 is 4.39 Å². The van der Waals surface area contributed by atoms with E-state index in [1.807, 2.05) is 0 Å². The van der Waals surface area contributed by atoms with Crippen LogP contribution in [0.5, 0.6) is 0 Å². The Morgan fingerprint density at radius 1 is 1.53 bits per heavy atom. The number of nitrogens with one attached hydrogen (secondary N) is 1. The van der Waals surface area contributed by atoms with Crippen LogP contribution in [-0.4, -0.2) is 36.1 Å². The summed E-state index contributed by atoms with van der Waals surface area (Å²) in [6, 6.07) is 5.56. The van der Waals surface area contributed by atoms with Crippen molar-refractivity contribution in [3.05, 3.63) is 24.1 Å². The van der Waals surface area contributed by atoms with Gasteiger partial charge in [-0.25, -0.2) is 4.98 Å². The Kier molecular flexibility index (Phi) is 3.16. The molecule has 82 valence electrons. The van der Waals surface area contributed by atoms with E-state index in [1.54, 1.807) is 12.1 Å². The first-order valence-corrected chi connectivity index (χ1v) is 5.32. The molecule has 0 amide bonds. The summed E-state index contributed by atoms with van der Waals surface area (Å²) >= 11 is 0. The van der Waals surface area contributed by atoms with Crippen LogP contribution in [0.1, 0.15) is 12.8 Å². The Morgan fingerprint density at radius 2 is 2.33 bits per heavy atom. The second-order valence-electron chi connectivity index (χ2n) is 3.98. The third kappa shape index (κ3) is 3.16. The van der Waals surface area contributed by atoms with Gasteiger partial charge in [-0.2, -0.15) is 4.39 Å². The summed E-state index contributed by atoms with van der Waals surface area (Å²) in [5.41, 5.74) is 0. The van der Waals surface area contributed by atoms with Crippen molar-refractivity contribution in [2.45, 2.75) is 18.9 Å². The Balaban J connectivity index is 1.73. The molecule has 0 atom stereocenters. The van der Waals surface area contributed by atoms with Crippen molar-refractivity contribution in [3.63, 3.8) is 0 Å². The lowest BCUT2D eigenvalue weighted by Crippen LogP contribution is -2.27. The molecule has 0 unspecified atom stereocenters. The number of rotatable bonds is 5. The largest absolute Gasteiger partial charge is 0.369 e. The van der Waals surface area contributed by atoms with Crippen LogP contribution in [0.25, 0.3) is 0 Å². The first kappa shape index (κ1) is 10.4. The van der Waals surface area contributed by atoms with Gasteiger partial charge in [0, 0.05) is 19.1 Å². The first-order chi connectivity index (χ1) is 7.25. The average molecular weight is 209 g/mol. The van der Waals surface area contributed by atoms with Crippen LogP contribution in [0.3, 0.4) is 0 Å². The van der Waals surface area contributed by atoms with Gasteiger partial charge in [0.05, 0.1) is 0 Å². The van der Waals surface area contributed by atoms with Gasteiger partial charge < -0.3 is 10.2 Å². The van der Waals surface area contributed by atoms with Crippen molar-refractivity contribution in [3.8, 4) is 0 Å². The molecule has 15 heavy (non-hydrogen) atoms. The minimum Gasteiger partial charge on any atom is -0.369 e. The quantitative estimate of drug-likeness (QED) is 0.748. The second kappa shape index (κ2) is 4.57. The average Bonchev–Trinajstić information content (AvgIpc) is 3.00. The number of anilines is 1. The Morgan fingerprint density at radius 3 is 3.00 bits per heavy atom. The molecular weight excluding hydrogens is 193 g/mol. The van der Waals surface area contributed by atoms with Crippen molar-refractivity contribution in [2.24, 2.45) is 0 Å². The van der Waals surface area contributed by atoms with Crippen molar-refractivity contribution >= 4 is 5.82 Å². The summed E-state index contributed by atoms with van der Waals surface area (Å²) in [6.07, 6.45) is 2.63. The number of aromatic nitrogens is 1. The van der Waals surface area contributed by atoms with Crippen LogP contribution >= 0.6 is 0 Å². The van der Waals surface area contributed by atoms with Gasteiger partial charge in [0.15, 0.2) is 0 Å². The fraction of sp³-hybridized carbons (Fsp3) is 0.545. The minimum atomic E-state index is -0.435. The molecule has 1 aromatic heterocycles. The highest BCUT2D eigenvalue weighted by Gasteiger charge is 2.25. The van der Waals surface area contributed by atoms with E-state index in [2.05, 4.69) is 22.2 Å². The zero-order valence-electron chi connectivity index (χ0n) is 8.91. The zero-order valence-corrected chi connectivity index (χ0v) is 8.91. The van der Waals surface area contributed by atoms with Crippen LogP contribution in [0.15, 0.2) is 18.2 Å². The molecule has 2 rings (SSSR count). The summed E-state index contributed by atoms with van der Waals surface area (Å²) in [5, 5.41) is 3.11. The van der Waals surface area contributed by atoms with Gasteiger partial charge in [-0.1, -0.05) is 6.07 Å². The van der Waals surface area contributed by atoms with E-state index in [0.717, 1.165) is 19.1 Å². The van der Waals surface area contributed by atoms with E-state index in [0.29, 0.717) is 5.82 Å². The molecule has 1 aliphatic carbocycles. The Labute approximate surface area is 89.3 Å². The lowest BCUT2D eigenvalue weighted by molar-refractivity contribution is 0.337. The number of halogens is 1. The zero-order chi connectivity index (χ0) is 10.7. The maximum Gasteiger partial charge on any atom is 0.214 e. The van der Waals surface area contributed by atoms with Crippen LogP contribution in [0.2, 0.25) is 0 Å². The molecule has 1 aliphatic rings. The van der Waals surface area contributed by atoms with Gasteiger partial charge in [-0.3, -0.25) is 0 Å². The first-order valence-electron chi connectivity index (χ1n) is 5.32. The van der Waals surface area contributed by atoms with Gasteiger partial charge in [0.25, 0.3) is 0 Å².